The Morgan fingerprint density at radius 2 is 2.35 bits per heavy atom. The average Bonchev–Trinajstić information content (AvgIpc) is 2.89. The first-order valence-electron chi connectivity index (χ1n) is 5.77. The summed E-state index contributed by atoms with van der Waals surface area (Å²) in [5, 5.41) is 16.6. The van der Waals surface area contributed by atoms with Crippen LogP contribution in [0, 0.1) is 0 Å². The van der Waals surface area contributed by atoms with Crippen molar-refractivity contribution in [2.24, 2.45) is 17.9 Å². The van der Waals surface area contributed by atoms with Crippen molar-refractivity contribution in [2.75, 3.05) is 7.11 Å². The van der Waals surface area contributed by atoms with Gasteiger partial charge < -0.3 is 15.7 Å². The predicted molar refractivity (Wildman–Crippen MR) is 76.1 cm³/mol. The van der Waals surface area contributed by atoms with Crippen LogP contribution in [0.2, 0.25) is 0 Å². The van der Waals surface area contributed by atoms with Gasteiger partial charge in [0.1, 0.15) is 12.1 Å². The minimum atomic E-state index is 0.0207. The molecule has 0 aliphatic heterocycles. The number of aryl methyl sites for hydroxylation is 1. The number of amidine groups is 1. The molecule has 20 heavy (non-hydrogen) atoms. The quantitative estimate of drug-likeness (QED) is 0.283. The SMILES string of the molecule is COc1ccc(CSc2ncnn2C)cc1/C(N)=N/O. The van der Waals surface area contributed by atoms with Crippen LogP contribution in [0.4, 0.5) is 0 Å². The van der Waals surface area contributed by atoms with E-state index in [0.717, 1.165) is 10.7 Å². The van der Waals surface area contributed by atoms with Crippen molar-refractivity contribution in [2.45, 2.75) is 10.9 Å². The molecule has 0 saturated carbocycles. The molecule has 0 aliphatic carbocycles. The zero-order valence-electron chi connectivity index (χ0n) is 11.1. The summed E-state index contributed by atoms with van der Waals surface area (Å²) in [4.78, 5) is 4.14. The van der Waals surface area contributed by atoms with Crippen LogP contribution in [0.1, 0.15) is 11.1 Å². The molecule has 2 rings (SSSR count). The maximum absolute atomic E-state index is 8.80. The van der Waals surface area contributed by atoms with E-state index in [-0.39, 0.29) is 5.84 Å². The number of nitrogens with zero attached hydrogens (tertiary/aromatic N) is 4. The van der Waals surface area contributed by atoms with E-state index in [9.17, 15) is 0 Å². The second kappa shape index (κ2) is 6.29. The number of oxime groups is 1. The molecule has 106 valence electrons. The molecule has 1 aromatic carbocycles. The maximum atomic E-state index is 8.80. The monoisotopic (exact) mass is 293 g/mol. The highest BCUT2D eigenvalue weighted by Gasteiger charge is 2.10. The summed E-state index contributed by atoms with van der Waals surface area (Å²) in [6.07, 6.45) is 1.51. The summed E-state index contributed by atoms with van der Waals surface area (Å²) >= 11 is 1.55. The summed E-state index contributed by atoms with van der Waals surface area (Å²) in [5.41, 5.74) is 7.22. The van der Waals surface area contributed by atoms with E-state index in [1.165, 1.54) is 13.4 Å². The highest BCUT2D eigenvalue weighted by molar-refractivity contribution is 7.98. The van der Waals surface area contributed by atoms with E-state index in [4.69, 9.17) is 15.7 Å². The lowest BCUT2D eigenvalue weighted by atomic mass is 10.1. The number of aromatic nitrogens is 3. The second-order valence-corrected chi connectivity index (χ2v) is 4.92. The zero-order valence-corrected chi connectivity index (χ0v) is 12.0. The molecule has 0 bridgehead atoms. The minimum Gasteiger partial charge on any atom is -0.496 e. The van der Waals surface area contributed by atoms with E-state index in [2.05, 4.69) is 15.2 Å². The maximum Gasteiger partial charge on any atom is 0.186 e. The second-order valence-electron chi connectivity index (χ2n) is 3.97. The lowest BCUT2D eigenvalue weighted by Crippen LogP contribution is -2.14. The Morgan fingerprint density at radius 3 is 2.95 bits per heavy atom. The molecule has 1 heterocycles. The standard InChI is InChI=1S/C12H15N5O2S/c1-17-12(14-7-15-17)20-6-8-3-4-10(19-2)9(5-8)11(13)16-18/h3-5,7,18H,6H2,1-2H3,(H2,13,16). The molecule has 0 atom stereocenters. The highest BCUT2D eigenvalue weighted by Crippen LogP contribution is 2.24. The molecule has 0 saturated heterocycles. The van der Waals surface area contributed by atoms with Crippen molar-refractivity contribution in [3.63, 3.8) is 0 Å². The van der Waals surface area contributed by atoms with Gasteiger partial charge >= 0.3 is 0 Å². The molecule has 0 fully saturated rings. The van der Waals surface area contributed by atoms with Crippen LogP contribution in [0.5, 0.6) is 5.75 Å². The minimum absolute atomic E-state index is 0.0207. The van der Waals surface area contributed by atoms with Gasteiger partial charge in [0.2, 0.25) is 0 Å². The third kappa shape index (κ3) is 3.02. The molecule has 0 unspecified atom stereocenters. The van der Waals surface area contributed by atoms with Crippen LogP contribution in [0.15, 0.2) is 34.8 Å². The molecular formula is C12H15N5O2S. The number of rotatable bonds is 5. The summed E-state index contributed by atoms with van der Waals surface area (Å²) in [6.45, 7) is 0. The molecule has 0 radical (unpaired) electrons. The van der Waals surface area contributed by atoms with Crippen molar-refractivity contribution in [3.8, 4) is 5.75 Å². The van der Waals surface area contributed by atoms with Gasteiger partial charge in [-0.05, 0) is 17.7 Å². The Kier molecular flexibility index (Phi) is 4.46. The first-order chi connectivity index (χ1) is 9.65. The van der Waals surface area contributed by atoms with Gasteiger partial charge in [-0.15, -0.1) is 0 Å². The molecule has 2 aromatic rings. The van der Waals surface area contributed by atoms with Crippen LogP contribution >= 0.6 is 11.8 Å². The van der Waals surface area contributed by atoms with Crippen LogP contribution in [0.25, 0.3) is 0 Å². The summed E-state index contributed by atoms with van der Waals surface area (Å²) in [7, 11) is 3.38. The summed E-state index contributed by atoms with van der Waals surface area (Å²) < 4.78 is 6.89. The molecule has 0 spiro atoms. The Hall–Kier alpha value is -2.22. The van der Waals surface area contributed by atoms with Gasteiger partial charge in [-0.2, -0.15) is 5.10 Å². The predicted octanol–water partition coefficient (Wildman–Crippen LogP) is 1.21. The Morgan fingerprint density at radius 1 is 1.55 bits per heavy atom. The van der Waals surface area contributed by atoms with Crippen molar-refractivity contribution < 1.29 is 9.94 Å². The zero-order chi connectivity index (χ0) is 14.5. The number of methoxy groups -OCH3 is 1. The largest absolute Gasteiger partial charge is 0.496 e. The summed E-state index contributed by atoms with van der Waals surface area (Å²) in [5.74, 6) is 1.28. The van der Waals surface area contributed by atoms with Gasteiger partial charge in [0.25, 0.3) is 0 Å². The average molecular weight is 293 g/mol. The van der Waals surface area contributed by atoms with Crippen LogP contribution < -0.4 is 10.5 Å². The van der Waals surface area contributed by atoms with Gasteiger partial charge in [-0.25, -0.2) is 9.67 Å². The lowest BCUT2D eigenvalue weighted by Gasteiger charge is -2.09. The Bertz CT molecular complexity index is 626. The molecule has 0 aliphatic rings. The molecule has 7 nitrogen and oxygen atoms in total. The first kappa shape index (κ1) is 14.2. The van der Waals surface area contributed by atoms with Crippen molar-refractivity contribution >= 4 is 17.6 Å². The van der Waals surface area contributed by atoms with Crippen molar-refractivity contribution in [3.05, 3.63) is 35.7 Å². The third-order valence-corrected chi connectivity index (χ3v) is 3.79. The number of ether oxygens (including phenoxy) is 1. The summed E-state index contributed by atoms with van der Waals surface area (Å²) in [6, 6.07) is 5.55. The van der Waals surface area contributed by atoms with Crippen molar-refractivity contribution in [1.29, 1.82) is 0 Å². The van der Waals surface area contributed by atoms with E-state index >= 15 is 0 Å². The fraction of sp³-hybridized carbons (Fsp3) is 0.250. The number of hydrogen-bond acceptors (Lipinski definition) is 6. The number of benzene rings is 1. The van der Waals surface area contributed by atoms with E-state index in [1.54, 1.807) is 22.5 Å². The van der Waals surface area contributed by atoms with Crippen LogP contribution in [-0.4, -0.2) is 32.9 Å². The molecule has 8 heteroatoms. The van der Waals surface area contributed by atoms with E-state index < -0.39 is 0 Å². The van der Waals surface area contributed by atoms with Gasteiger partial charge in [0, 0.05) is 12.8 Å². The van der Waals surface area contributed by atoms with Gasteiger partial charge in [-0.1, -0.05) is 23.0 Å². The Labute approximate surface area is 120 Å². The molecule has 3 N–H and O–H groups in total. The fourth-order valence-electron chi connectivity index (χ4n) is 1.66. The van der Waals surface area contributed by atoms with Gasteiger partial charge in [0.05, 0.1) is 12.7 Å². The Balaban J connectivity index is 2.19. The van der Waals surface area contributed by atoms with E-state index in [1.807, 2.05) is 19.2 Å². The smallest absolute Gasteiger partial charge is 0.186 e. The van der Waals surface area contributed by atoms with Gasteiger partial charge in [0.15, 0.2) is 11.0 Å². The van der Waals surface area contributed by atoms with E-state index in [0.29, 0.717) is 17.1 Å². The molecular weight excluding hydrogens is 278 g/mol. The van der Waals surface area contributed by atoms with Crippen LogP contribution in [0.3, 0.4) is 0 Å². The normalized spacial score (nSPS) is 11.6. The lowest BCUT2D eigenvalue weighted by molar-refractivity contribution is 0.318. The van der Waals surface area contributed by atoms with Crippen molar-refractivity contribution in [1.82, 2.24) is 14.8 Å². The highest BCUT2D eigenvalue weighted by atomic mass is 32.2. The number of hydrogen-bond donors (Lipinski definition) is 2. The third-order valence-electron chi connectivity index (χ3n) is 2.69. The van der Waals surface area contributed by atoms with Crippen LogP contribution in [-0.2, 0) is 12.8 Å². The van der Waals surface area contributed by atoms with Gasteiger partial charge in [-0.3, -0.25) is 0 Å². The first-order valence-corrected chi connectivity index (χ1v) is 6.76. The molecule has 1 aromatic heterocycles. The number of nitrogens with two attached hydrogens (primary N) is 1. The number of thioether (sulfide) groups is 1. The fourth-order valence-corrected chi connectivity index (χ4v) is 2.49. The topological polar surface area (TPSA) is 98.6 Å². The molecule has 0 amide bonds.